The van der Waals surface area contributed by atoms with Crippen LogP contribution in [0.2, 0.25) is 0 Å². The molecule has 1 saturated carbocycles. The molecule has 6 rings (SSSR count). The molecule has 6 nitrogen and oxygen atoms in total. The summed E-state index contributed by atoms with van der Waals surface area (Å²) >= 11 is 0. The zero-order valence-electron chi connectivity index (χ0n) is 19.2. The molecule has 172 valence electrons. The predicted molar refractivity (Wildman–Crippen MR) is 132 cm³/mol. The van der Waals surface area contributed by atoms with Gasteiger partial charge in [0.1, 0.15) is 5.75 Å². The number of rotatable bonds is 6. The lowest BCUT2D eigenvalue weighted by Gasteiger charge is -2.15. The molecular formula is C28H27N3O3. The highest BCUT2D eigenvalue weighted by atomic mass is 16.5. The minimum Gasteiger partial charge on any atom is -0.493 e. The van der Waals surface area contributed by atoms with Crippen molar-refractivity contribution in [3.8, 4) is 17.3 Å². The van der Waals surface area contributed by atoms with Crippen LogP contribution in [-0.2, 0) is 6.54 Å². The molecule has 2 aliphatic rings. The van der Waals surface area contributed by atoms with Gasteiger partial charge in [0.15, 0.2) is 17.4 Å². The number of ether oxygens (including phenoxy) is 1. The number of Topliss-reactive ketones (excluding diaryl/α,β-unsaturated/α-hetero) is 1. The van der Waals surface area contributed by atoms with Crippen LogP contribution in [0.4, 0.5) is 5.69 Å². The average Bonchev–Trinajstić information content (AvgIpc) is 3.59. The number of aryl methyl sites for hydroxylation is 2. The summed E-state index contributed by atoms with van der Waals surface area (Å²) in [4.78, 5) is 22.5. The number of aromatic nitrogens is 2. The third kappa shape index (κ3) is 3.63. The van der Waals surface area contributed by atoms with Crippen molar-refractivity contribution in [1.82, 2.24) is 9.55 Å². The Morgan fingerprint density at radius 3 is 2.94 bits per heavy atom. The monoisotopic (exact) mass is 453 g/mol. The zero-order chi connectivity index (χ0) is 23.1. The molecule has 6 heteroatoms. The van der Waals surface area contributed by atoms with Gasteiger partial charge in [0, 0.05) is 36.2 Å². The molecule has 2 atom stereocenters. The van der Waals surface area contributed by atoms with E-state index in [0.717, 1.165) is 77.4 Å². The highest BCUT2D eigenvalue weighted by Gasteiger charge is 2.35. The first kappa shape index (κ1) is 20.9. The SMILES string of the molecule is Cc1cc2c(cc1OCCCn1c(-c3ccco3)nc3ccccc31)N=C[C@@H]1CCCC1C2=O. The molecule has 1 unspecified atom stereocenters. The first-order valence-corrected chi connectivity index (χ1v) is 12.0. The van der Waals surface area contributed by atoms with E-state index in [1.165, 1.54) is 0 Å². The van der Waals surface area contributed by atoms with E-state index in [2.05, 4.69) is 15.6 Å². The van der Waals surface area contributed by atoms with Crippen molar-refractivity contribution in [2.45, 2.75) is 39.2 Å². The fraction of sp³-hybridized carbons (Fsp3) is 0.321. The number of furan rings is 1. The fourth-order valence-electron chi connectivity index (χ4n) is 5.31. The highest BCUT2D eigenvalue weighted by molar-refractivity contribution is 6.05. The van der Waals surface area contributed by atoms with E-state index in [1.54, 1.807) is 6.26 Å². The van der Waals surface area contributed by atoms with Crippen molar-refractivity contribution >= 4 is 28.7 Å². The van der Waals surface area contributed by atoms with Crippen LogP contribution < -0.4 is 4.74 Å². The molecule has 2 aromatic heterocycles. The number of fused-ring (bicyclic) bond motifs is 3. The number of para-hydroxylation sites is 2. The van der Waals surface area contributed by atoms with E-state index in [1.807, 2.05) is 55.6 Å². The van der Waals surface area contributed by atoms with Gasteiger partial charge in [-0.25, -0.2) is 4.98 Å². The Bertz CT molecular complexity index is 1380. The molecule has 4 aromatic rings. The summed E-state index contributed by atoms with van der Waals surface area (Å²) < 4.78 is 14.0. The molecule has 0 saturated heterocycles. The van der Waals surface area contributed by atoms with E-state index in [4.69, 9.17) is 14.1 Å². The number of carbonyl (C=O) groups is 1. The van der Waals surface area contributed by atoms with Gasteiger partial charge in [-0.05, 0) is 62.1 Å². The van der Waals surface area contributed by atoms with Crippen molar-refractivity contribution in [2.75, 3.05) is 6.61 Å². The van der Waals surface area contributed by atoms with Crippen LogP contribution in [0.15, 0.2) is 64.2 Å². The number of benzene rings is 2. The standard InChI is InChI=1S/C28H27N3O3/c1-18-15-21-23(29-17-19-7-4-8-20(19)27(21)32)16-26(18)34-14-6-12-31-24-10-3-2-9-22(24)30-28(31)25-11-5-13-33-25/h2-3,5,9-11,13,15-17,19-20H,4,6-8,12,14H2,1H3/t19-,20?/m0/s1. The molecule has 0 radical (unpaired) electrons. The number of carbonyl (C=O) groups excluding carboxylic acids is 1. The molecule has 0 bridgehead atoms. The normalized spacial score (nSPS) is 19.3. The molecule has 0 amide bonds. The maximum absolute atomic E-state index is 13.1. The van der Waals surface area contributed by atoms with Crippen LogP contribution in [0.25, 0.3) is 22.6 Å². The summed E-state index contributed by atoms with van der Waals surface area (Å²) in [5, 5.41) is 0. The van der Waals surface area contributed by atoms with Gasteiger partial charge < -0.3 is 13.7 Å². The summed E-state index contributed by atoms with van der Waals surface area (Å²) in [7, 11) is 0. The summed E-state index contributed by atoms with van der Waals surface area (Å²) in [6, 6.07) is 15.8. The lowest BCUT2D eigenvalue weighted by atomic mass is 9.89. The Morgan fingerprint density at radius 1 is 1.15 bits per heavy atom. The third-order valence-electron chi connectivity index (χ3n) is 7.05. The van der Waals surface area contributed by atoms with Crippen molar-refractivity contribution in [3.05, 3.63) is 65.9 Å². The smallest absolute Gasteiger partial charge is 0.177 e. The molecule has 3 heterocycles. The van der Waals surface area contributed by atoms with Crippen LogP contribution in [0.5, 0.6) is 5.75 Å². The van der Waals surface area contributed by atoms with E-state index in [0.29, 0.717) is 6.61 Å². The van der Waals surface area contributed by atoms with Crippen molar-refractivity contribution in [1.29, 1.82) is 0 Å². The largest absolute Gasteiger partial charge is 0.493 e. The van der Waals surface area contributed by atoms with E-state index >= 15 is 0 Å². The zero-order valence-corrected chi connectivity index (χ0v) is 19.2. The molecule has 1 fully saturated rings. The molecule has 0 spiro atoms. The van der Waals surface area contributed by atoms with E-state index in [9.17, 15) is 4.79 Å². The predicted octanol–water partition coefficient (Wildman–Crippen LogP) is 6.39. The number of ketones is 1. The highest BCUT2D eigenvalue weighted by Crippen LogP contribution is 2.40. The Hall–Kier alpha value is -3.67. The van der Waals surface area contributed by atoms with Crippen molar-refractivity contribution in [3.63, 3.8) is 0 Å². The third-order valence-corrected chi connectivity index (χ3v) is 7.05. The minimum atomic E-state index is 0.0875. The topological polar surface area (TPSA) is 69.6 Å². The van der Waals surface area contributed by atoms with Gasteiger partial charge >= 0.3 is 0 Å². The Kier molecular flexibility index (Phi) is 5.28. The van der Waals surface area contributed by atoms with Gasteiger partial charge in [0.25, 0.3) is 0 Å². The molecule has 0 N–H and O–H groups in total. The molecule has 1 aliphatic heterocycles. The average molecular weight is 454 g/mol. The Morgan fingerprint density at radius 2 is 2.06 bits per heavy atom. The maximum atomic E-state index is 13.1. The van der Waals surface area contributed by atoms with Crippen LogP contribution in [0, 0.1) is 18.8 Å². The number of hydrogen-bond acceptors (Lipinski definition) is 5. The van der Waals surface area contributed by atoms with Gasteiger partial charge in [0.05, 0.1) is 29.6 Å². The summed E-state index contributed by atoms with van der Waals surface area (Å²) in [6.07, 6.45) is 7.59. The van der Waals surface area contributed by atoms with E-state index in [-0.39, 0.29) is 17.6 Å². The summed E-state index contributed by atoms with van der Waals surface area (Å²) in [6.45, 7) is 3.30. The van der Waals surface area contributed by atoms with Gasteiger partial charge in [-0.1, -0.05) is 18.6 Å². The quantitative estimate of drug-likeness (QED) is 0.317. The number of imidazole rings is 1. The van der Waals surface area contributed by atoms with Gasteiger partial charge in [-0.15, -0.1) is 0 Å². The summed E-state index contributed by atoms with van der Waals surface area (Å²) in [5.41, 5.74) is 4.48. The number of aliphatic imine (C=N–C) groups is 1. The van der Waals surface area contributed by atoms with Crippen LogP contribution in [0.1, 0.15) is 41.6 Å². The molecular weight excluding hydrogens is 426 g/mol. The van der Waals surface area contributed by atoms with Crippen LogP contribution >= 0.6 is 0 Å². The van der Waals surface area contributed by atoms with Gasteiger partial charge in [-0.3, -0.25) is 9.79 Å². The Balaban J connectivity index is 1.19. The summed E-state index contributed by atoms with van der Waals surface area (Å²) in [5.74, 6) is 2.97. The molecule has 34 heavy (non-hydrogen) atoms. The second-order valence-corrected chi connectivity index (χ2v) is 9.23. The van der Waals surface area contributed by atoms with Gasteiger partial charge in [-0.2, -0.15) is 0 Å². The van der Waals surface area contributed by atoms with Crippen molar-refractivity contribution < 1.29 is 13.9 Å². The number of hydrogen-bond donors (Lipinski definition) is 0. The second kappa shape index (κ2) is 8.60. The fourth-order valence-corrected chi connectivity index (χ4v) is 5.31. The lowest BCUT2D eigenvalue weighted by molar-refractivity contribution is 0.0912. The Labute approximate surface area is 198 Å². The lowest BCUT2D eigenvalue weighted by Crippen LogP contribution is -2.18. The number of nitrogens with zero attached hydrogens (tertiary/aromatic N) is 3. The van der Waals surface area contributed by atoms with Crippen LogP contribution in [-0.4, -0.2) is 28.2 Å². The van der Waals surface area contributed by atoms with Crippen molar-refractivity contribution in [2.24, 2.45) is 16.8 Å². The first-order chi connectivity index (χ1) is 16.7. The first-order valence-electron chi connectivity index (χ1n) is 12.0. The van der Waals surface area contributed by atoms with Gasteiger partial charge in [0.2, 0.25) is 0 Å². The van der Waals surface area contributed by atoms with E-state index < -0.39 is 0 Å². The molecule has 2 aromatic carbocycles. The minimum absolute atomic E-state index is 0.0875. The van der Waals surface area contributed by atoms with Crippen LogP contribution in [0.3, 0.4) is 0 Å². The molecule has 1 aliphatic carbocycles. The second-order valence-electron chi connectivity index (χ2n) is 9.23. The maximum Gasteiger partial charge on any atom is 0.177 e.